The standard InChI is InChI=1S/C24H26O/c1-2-3-7-23-17-14-20(18-24(23)25)11-10-19-12-15-22(16-13-19)21-8-5-4-6-9-21/h4-6,8-13,15-16,18,23H,2-3,7,14,17H2,1H3. The first-order valence-electron chi connectivity index (χ1n) is 9.34. The minimum atomic E-state index is 0.252. The van der Waals surface area contributed by atoms with E-state index in [1.807, 2.05) is 12.1 Å². The SMILES string of the molecule is CCCCC1CCC(C=Cc2ccc(-c3ccccc3)cc2)=CC1=O. The molecule has 128 valence electrons. The molecule has 0 N–H and O–H groups in total. The molecule has 0 aromatic heterocycles. The smallest absolute Gasteiger partial charge is 0.159 e. The van der Waals surface area contributed by atoms with Crippen LogP contribution in [0, 0.1) is 5.92 Å². The number of allylic oxidation sites excluding steroid dienone is 3. The molecule has 0 saturated carbocycles. The highest BCUT2D eigenvalue weighted by molar-refractivity contribution is 5.93. The molecule has 1 unspecified atom stereocenters. The maximum atomic E-state index is 12.2. The van der Waals surface area contributed by atoms with Crippen molar-refractivity contribution in [3.05, 3.63) is 77.9 Å². The topological polar surface area (TPSA) is 17.1 Å². The lowest BCUT2D eigenvalue weighted by Crippen LogP contribution is -2.16. The summed E-state index contributed by atoms with van der Waals surface area (Å²) >= 11 is 0. The third-order valence-corrected chi connectivity index (χ3v) is 4.93. The van der Waals surface area contributed by atoms with E-state index in [1.165, 1.54) is 23.1 Å². The van der Waals surface area contributed by atoms with E-state index in [0.717, 1.165) is 31.3 Å². The summed E-state index contributed by atoms with van der Waals surface area (Å²) in [7, 11) is 0. The van der Waals surface area contributed by atoms with Gasteiger partial charge in [0, 0.05) is 5.92 Å². The minimum Gasteiger partial charge on any atom is -0.295 e. The van der Waals surface area contributed by atoms with Crippen molar-refractivity contribution >= 4 is 11.9 Å². The van der Waals surface area contributed by atoms with Crippen LogP contribution < -0.4 is 0 Å². The van der Waals surface area contributed by atoms with Crippen LogP contribution in [0.3, 0.4) is 0 Å². The highest BCUT2D eigenvalue weighted by Crippen LogP contribution is 2.26. The van der Waals surface area contributed by atoms with Crippen molar-refractivity contribution in [2.45, 2.75) is 39.0 Å². The van der Waals surface area contributed by atoms with Gasteiger partial charge in [-0.05, 0) is 47.6 Å². The predicted molar refractivity (Wildman–Crippen MR) is 106 cm³/mol. The quantitative estimate of drug-likeness (QED) is 0.594. The first kappa shape index (κ1) is 17.4. The Bertz CT molecular complexity index is 750. The van der Waals surface area contributed by atoms with E-state index in [4.69, 9.17) is 0 Å². The predicted octanol–water partition coefficient (Wildman–Crippen LogP) is 6.46. The van der Waals surface area contributed by atoms with Gasteiger partial charge in [0.15, 0.2) is 5.78 Å². The molecule has 2 aromatic rings. The Hall–Kier alpha value is -2.41. The second-order valence-corrected chi connectivity index (χ2v) is 6.82. The average Bonchev–Trinajstić information content (AvgIpc) is 2.67. The molecular weight excluding hydrogens is 304 g/mol. The number of ketones is 1. The Labute approximate surface area is 151 Å². The zero-order chi connectivity index (χ0) is 17.5. The average molecular weight is 330 g/mol. The summed E-state index contributed by atoms with van der Waals surface area (Å²) < 4.78 is 0. The Balaban J connectivity index is 1.63. The molecule has 0 heterocycles. The highest BCUT2D eigenvalue weighted by Gasteiger charge is 2.20. The molecule has 0 amide bonds. The molecule has 0 saturated heterocycles. The van der Waals surface area contributed by atoms with Crippen LogP contribution in [0.15, 0.2) is 72.3 Å². The van der Waals surface area contributed by atoms with Crippen LogP contribution in [0.2, 0.25) is 0 Å². The van der Waals surface area contributed by atoms with Gasteiger partial charge < -0.3 is 0 Å². The molecule has 2 aromatic carbocycles. The summed E-state index contributed by atoms with van der Waals surface area (Å²) in [5.41, 5.74) is 4.78. The van der Waals surface area contributed by atoms with Crippen LogP contribution in [0.4, 0.5) is 0 Å². The van der Waals surface area contributed by atoms with Gasteiger partial charge in [-0.1, -0.05) is 86.5 Å². The van der Waals surface area contributed by atoms with Crippen molar-refractivity contribution in [3.8, 4) is 11.1 Å². The normalized spacial score (nSPS) is 17.7. The Morgan fingerprint density at radius 3 is 2.36 bits per heavy atom. The van der Waals surface area contributed by atoms with E-state index in [9.17, 15) is 4.79 Å². The number of unbranched alkanes of at least 4 members (excludes halogenated alkanes) is 1. The fraction of sp³-hybridized carbons (Fsp3) is 0.292. The summed E-state index contributed by atoms with van der Waals surface area (Å²) in [5.74, 6) is 0.570. The van der Waals surface area contributed by atoms with Crippen molar-refractivity contribution in [1.29, 1.82) is 0 Å². The monoisotopic (exact) mass is 330 g/mol. The molecule has 3 rings (SSSR count). The Morgan fingerprint density at radius 2 is 1.68 bits per heavy atom. The maximum absolute atomic E-state index is 12.2. The van der Waals surface area contributed by atoms with Crippen molar-refractivity contribution in [2.75, 3.05) is 0 Å². The van der Waals surface area contributed by atoms with Crippen molar-refractivity contribution in [1.82, 2.24) is 0 Å². The van der Waals surface area contributed by atoms with E-state index in [2.05, 4.69) is 67.6 Å². The Kier molecular flexibility index (Phi) is 6.00. The van der Waals surface area contributed by atoms with Gasteiger partial charge in [-0.2, -0.15) is 0 Å². The first-order valence-corrected chi connectivity index (χ1v) is 9.34. The van der Waals surface area contributed by atoms with Crippen molar-refractivity contribution in [3.63, 3.8) is 0 Å². The number of carbonyl (C=O) groups excluding carboxylic acids is 1. The summed E-state index contributed by atoms with van der Waals surface area (Å²) in [6.45, 7) is 2.18. The van der Waals surface area contributed by atoms with E-state index in [0.29, 0.717) is 5.78 Å². The van der Waals surface area contributed by atoms with E-state index in [1.54, 1.807) is 0 Å². The number of hydrogen-bond donors (Lipinski definition) is 0. The molecule has 0 bridgehead atoms. The third-order valence-electron chi connectivity index (χ3n) is 4.93. The number of hydrogen-bond acceptors (Lipinski definition) is 1. The number of rotatable bonds is 6. The molecule has 1 nitrogen and oxygen atoms in total. The zero-order valence-corrected chi connectivity index (χ0v) is 14.9. The molecule has 1 atom stereocenters. The van der Waals surface area contributed by atoms with E-state index >= 15 is 0 Å². The molecule has 1 aliphatic rings. The highest BCUT2D eigenvalue weighted by atomic mass is 16.1. The van der Waals surface area contributed by atoms with Crippen LogP contribution >= 0.6 is 0 Å². The third kappa shape index (κ3) is 4.79. The second-order valence-electron chi connectivity index (χ2n) is 6.82. The van der Waals surface area contributed by atoms with Crippen LogP contribution in [0.1, 0.15) is 44.6 Å². The van der Waals surface area contributed by atoms with Gasteiger partial charge in [0.2, 0.25) is 0 Å². The van der Waals surface area contributed by atoms with Gasteiger partial charge in [-0.25, -0.2) is 0 Å². The lowest BCUT2D eigenvalue weighted by Gasteiger charge is -2.19. The second kappa shape index (κ2) is 8.62. The van der Waals surface area contributed by atoms with Gasteiger partial charge in [0.1, 0.15) is 0 Å². The van der Waals surface area contributed by atoms with Gasteiger partial charge >= 0.3 is 0 Å². The first-order chi connectivity index (χ1) is 12.3. The van der Waals surface area contributed by atoms with E-state index < -0.39 is 0 Å². The van der Waals surface area contributed by atoms with Gasteiger partial charge in [0.25, 0.3) is 0 Å². The zero-order valence-electron chi connectivity index (χ0n) is 14.9. The molecule has 1 heteroatoms. The van der Waals surface area contributed by atoms with Crippen molar-refractivity contribution < 1.29 is 4.79 Å². The Morgan fingerprint density at radius 1 is 0.960 bits per heavy atom. The molecule has 0 spiro atoms. The minimum absolute atomic E-state index is 0.252. The maximum Gasteiger partial charge on any atom is 0.159 e. The largest absolute Gasteiger partial charge is 0.295 e. The van der Waals surface area contributed by atoms with Gasteiger partial charge in [0.05, 0.1) is 0 Å². The summed E-state index contributed by atoms with van der Waals surface area (Å²) in [4.78, 5) is 12.2. The van der Waals surface area contributed by atoms with Crippen LogP contribution in [-0.2, 0) is 4.79 Å². The van der Waals surface area contributed by atoms with E-state index in [-0.39, 0.29) is 5.92 Å². The molecule has 0 fully saturated rings. The summed E-state index contributed by atoms with van der Waals surface area (Å²) in [6.07, 6.45) is 11.5. The molecule has 1 aliphatic carbocycles. The fourth-order valence-electron chi connectivity index (χ4n) is 3.35. The lowest BCUT2D eigenvalue weighted by molar-refractivity contribution is -0.119. The van der Waals surface area contributed by atoms with Gasteiger partial charge in [-0.3, -0.25) is 4.79 Å². The molecular formula is C24H26O. The molecule has 25 heavy (non-hydrogen) atoms. The fourth-order valence-corrected chi connectivity index (χ4v) is 3.35. The van der Waals surface area contributed by atoms with Crippen molar-refractivity contribution in [2.24, 2.45) is 5.92 Å². The molecule has 0 radical (unpaired) electrons. The summed E-state index contributed by atoms with van der Waals surface area (Å²) in [6, 6.07) is 19.0. The summed E-state index contributed by atoms with van der Waals surface area (Å²) in [5, 5.41) is 0. The van der Waals surface area contributed by atoms with Crippen LogP contribution in [0.5, 0.6) is 0 Å². The number of benzene rings is 2. The lowest BCUT2D eigenvalue weighted by atomic mass is 9.85. The number of carbonyl (C=O) groups is 1. The molecule has 0 aliphatic heterocycles. The van der Waals surface area contributed by atoms with Crippen LogP contribution in [-0.4, -0.2) is 5.78 Å². The van der Waals surface area contributed by atoms with Crippen LogP contribution in [0.25, 0.3) is 17.2 Å². The van der Waals surface area contributed by atoms with Gasteiger partial charge in [-0.15, -0.1) is 0 Å².